The van der Waals surface area contributed by atoms with Gasteiger partial charge in [-0.05, 0) is 77.9 Å². The van der Waals surface area contributed by atoms with Gasteiger partial charge in [0.1, 0.15) is 5.70 Å². The Morgan fingerprint density at radius 3 is 2.08 bits per heavy atom. The highest BCUT2D eigenvalue weighted by molar-refractivity contribution is 7.10. The molecule has 0 bridgehead atoms. The first-order chi connectivity index (χ1) is 18.6. The Balaban J connectivity index is 1.48. The molecule has 0 aliphatic rings. The van der Waals surface area contributed by atoms with Gasteiger partial charge in [-0.15, -0.1) is 11.3 Å². The van der Waals surface area contributed by atoms with Crippen molar-refractivity contribution >= 4 is 46.5 Å². The summed E-state index contributed by atoms with van der Waals surface area (Å²) in [7, 11) is 0. The fourth-order valence-corrected chi connectivity index (χ4v) is 4.51. The van der Waals surface area contributed by atoms with Gasteiger partial charge in [0, 0.05) is 27.4 Å². The molecule has 1 heterocycles. The molecule has 198 valence electrons. The molecular formula is C32H31N3O3S. The Morgan fingerprint density at radius 2 is 1.44 bits per heavy atom. The third-order valence-electron chi connectivity index (χ3n) is 5.99. The fourth-order valence-electron chi connectivity index (χ4n) is 3.85. The minimum Gasteiger partial charge on any atom is -0.322 e. The average Bonchev–Trinajstić information content (AvgIpc) is 3.41. The third-order valence-corrected chi connectivity index (χ3v) is 6.81. The van der Waals surface area contributed by atoms with Gasteiger partial charge in [0.15, 0.2) is 0 Å². The average molecular weight is 538 g/mol. The van der Waals surface area contributed by atoms with Crippen molar-refractivity contribution in [2.24, 2.45) is 0 Å². The Labute approximate surface area is 232 Å². The van der Waals surface area contributed by atoms with Gasteiger partial charge in [-0.1, -0.05) is 62.7 Å². The lowest BCUT2D eigenvalue weighted by Gasteiger charge is -2.19. The molecule has 0 unspecified atom stereocenters. The van der Waals surface area contributed by atoms with Crippen molar-refractivity contribution < 1.29 is 14.4 Å². The summed E-state index contributed by atoms with van der Waals surface area (Å²) in [4.78, 5) is 39.8. The van der Waals surface area contributed by atoms with Crippen LogP contribution in [0.15, 0.2) is 96.0 Å². The van der Waals surface area contributed by atoms with E-state index in [9.17, 15) is 14.4 Å². The molecule has 0 saturated carbocycles. The van der Waals surface area contributed by atoms with Crippen molar-refractivity contribution in [3.05, 3.63) is 123 Å². The summed E-state index contributed by atoms with van der Waals surface area (Å²) in [5.41, 5.74) is 4.20. The van der Waals surface area contributed by atoms with E-state index >= 15 is 0 Å². The Bertz CT molecular complexity index is 1520. The summed E-state index contributed by atoms with van der Waals surface area (Å²) in [6, 6.07) is 25.3. The van der Waals surface area contributed by atoms with Crippen LogP contribution < -0.4 is 16.0 Å². The predicted molar refractivity (Wildman–Crippen MR) is 159 cm³/mol. The second kappa shape index (κ2) is 11.9. The van der Waals surface area contributed by atoms with Crippen LogP contribution in [-0.4, -0.2) is 17.7 Å². The lowest BCUT2D eigenvalue weighted by molar-refractivity contribution is -0.113. The van der Waals surface area contributed by atoms with Crippen molar-refractivity contribution in [1.29, 1.82) is 0 Å². The van der Waals surface area contributed by atoms with Crippen LogP contribution in [0.5, 0.6) is 0 Å². The molecule has 0 aliphatic heterocycles. The normalized spacial score (nSPS) is 11.5. The molecule has 39 heavy (non-hydrogen) atoms. The highest BCUT2D eigenvalue weighted by Crippen LogP contribution is 2.23. The Kier molecular flexibility index (Phi) is 8.42. The lowest BCUT2D eigenvalue weighted by atomic mass is 9.87. The van der Waals surface area contributed by atoms with Crippen molar-refractivity contribution in [2.45, 2.75) is 33.1 Å². The molecule has 3 aromatic carbocycles. The van der Waals surface area contributed by atoms with E-state index in [-0.39, 0.29) is 22.9 Å². The van der Waals surface area contributed by atoms with E-state index in [1.165, 1.54) is 11.3 Å². The van der Waals surface area contributed by atoms with Gasteiger partial charge < -0.3 is 16.0 Å². The van der Waals surface area contributed by atoms with E-state index < -0.39 is 5.91 Å². The topological polar surface area (TPSA) is 87.3 Å². The zero-order valence-electron chi connectivity index (χ0n) is 22.4. The minimum atomic E-state index is -0.481. The lowest BCUT2D eigenvalue weighted by Crippen LogP contribution is -2.30. The number of benzene rings is 3. The van der Waals surface area contributed by atoms with Crippen LogP contribution in [0.25, 0.3) is 6.08 Å². The molecule has 7 heteroatoms. The standard InChI is InChI=1S/C32H31N3O3S/c1-21-8-5-9-23(18-21)30(37)35-28(20-27-12-7-17-39-27)31(38)34-26-11-6-10-25(19-26)33-29(36)22-13-15-24(16-14-22)32(2,3)4/h5-20H,1-4H3,(H,33,36)(H,34,38)(H,35,37)/b28-20-. The van der Waals surface area contributed by atoms with Gasteiger partial charge in [0.05, 0.1) is 0 Å². The number of anilines is 2. The van der Waals surface area contributed by atoms with Crippen LogP contribution in [0.2, 0.25) is 0 Å². The summed E-state index contributed by atoms with van der Waals surface area (Å²) in [5.74, 6) is -1.11. The van der Waals surface area contributed by atoms with E-state index in [4.69, 9.17) is 0 Å². The molecule has 0 aliphatic carbocycles. The number of amides is 3. The van der Waals surface area contributed by atoms with Gasteiger partial charge in [0.2, 0.25) is 0 Å². The van der Waals surface area contributed by atoms with Crippen LogP contribution in [0, 0.1) is 6.92 Å². The number of hydrogen-bond acceptors (Lipinski definition) is 4. The first kappa shape index (κ1) is 27.5. The molecule has 0 saturated heterocycles. The Hall–Kier alpha value is -4.49. The molecule has 1 aromatic heterocycles. The first-order valence-corrected chi connectivity index (χ1v) is 13.4. The molecule has 3 amide bonds. The van der Waals surface area contributed by atoms with Crippen LogP contribution in [0.4, 0.5) is 11.4 Å². The van der Waals surface area contributed by atoms with E-state index in [1.54, 1.807) is 60.7 Å². The molecule has 4 aromatic rings. The quantitative estimate of drug-likeness (QED) is 0.222. The number of aryl methyl sites for hydroxylation is 1. The second-order valence-corrected chi connectivity index (χ2v) is 11.2. The van der Waals surface area contributed by atoms with Crippen molar-refractivity contribution in [3.63, 3.8) is 0 Å². The predicted octanol–water partition coefficient (Wildman–Crippen LogP) is 7.02. The molecule has 6 nitrogen and oxygen atoms in total. The number of thiophene rings is 1. The SMILES string of the molecule is Cc1cccc(C(=O)N/C(=C\c2cccs2)C(=O)Nc2cccc(NC(=O)c3ccc(C(C)(C)C)cc3)c2)c1. The monoisotopic (exact) mass is 537 g/mol. The van der Waals surface area contributed by atoms with Crippen molar-refractivity contribution in [2.75, 3.05) is 10.6 Å². The zero-order chi connectivity index (χ0) is 28.0. The van der Waals surface area contributed by atoms with E-state index in [0.29, 0.717) is 22.5 Å². The largest absolute Gasteiger partial charge is 0.322 e. The highest BCUT2D eigenvalue weighted by atomic mass is 32.1. The number of hydrogen-bond donors (Lipinski definition) is 3. The molecule has 0 radical (unpaired) electrons. The zero-order valence-corrected chi connectivity index (χ0v) is 23.2. The summed E-state index contributed by atoms with van der Waals surface area (Å²) in [5, 5.41) is 10.4. The molecule has 4 rings (SSSR count). The molecule has 3 N–H and O–H groups in total. The maximum absolute atomic E-state index is 13.3. The number of carbonyl (C=O) groups is 3. The van der Waals surface area contributed by atoms with Gasteiger partial charge in [-0.25, -0.2) is 0 Å². The van der Waals surface area contributed by atoms with Crippen LogP contribution in [0.3, 0.4) is 0 Å². The maximum atomic E-state index is 13.3. The van der Waals surface area contributed by atoms with Crippen LogP contribution in [-0.2, 0) is 10.2 Å². The van der Waals surface area contributed by atoms with Crippen LogP contribution in [0.1, 0.15) is 57.5 Å². The van der Waals surface area contributed by atoms with Gasteiger partial charge in [-0.3, -0.25) is 14.4 Å². The van der Waals surface area contributed by atoms with Gasteiger partial charge in [-0.2, -0.15) is 0 Å². The Morgan fingerprint density at radius 1 is 0.744 bits per heavy atom. The number of nitrogens with one attached hydrogen (secondary N) is 3. The van der Waals surface area contributed by atoms with Crippen LogP contribution >= 0.6 is 11.3 Å². The third kappa shape index (κ3) is 7.52. The molecule has 0 fully saturated rings. The number of rotatable bonds is 7. The number of carbonyl (C=O) groups excluding carboxylic acids is 3. The molecule has 0 atom stereocenters. The second-order valence-electron chi connectivity index (χ2n) is 10.2. The van der Waals surface area contributed by atoms with Crippen molar-refractivity contribution in [3.8, 4) is 0 Å². The highest BCUT2D eigenvalue weighted by Gasteiger charge is 2.17. The van der Waals surface area contributed by atoms with Gasteiger partial charge >= 0.3 is 0 Å². The summed E-state index contributed by atoms with van der Waals surface area (Å²) < 4.78 is 0. The van der Waals surface area contributed by atoms with E-state index in [2.05, 4.69) is 36.7 Å². The maximum Gasteiger partial charge on any atom is 0.272 e. The minimum absolute atomic E-state index is 0.00213. The molecule has 0 spiro atoms. The summed E-state index contributed by atoms with van der Waals surface area (Å²) in [6.45, 7) is 8.27. The van der Waals surface area contributed by atoms with E-state index in [0.717, 1.165) is 16.0 Å². The molecular weight excluding hydrogens is 506 g/mol. The summed E-state index contributed by atoms with van der Waals surface area (Å²) in [6.07, 6.45) is 1.64. The summed E-state index contributed by atoms with van der Waals surface area (Å²) >= 11 is 1.45. The van der Waals surface area contributed by atoms with Crippen molar-refractivity contribution in [1.82, 2.24) is 5.32 Å². The first-order valence-electron chi connectivity index (χ1n) is 12.5. The van der Waals surface area contributed by atoms with Gasteiger partial charge in [0.25, 0.3) is 17.7 Å². The fraction of sp³-hybridized carbons (Fsp3) is 0.156. The smallest absolute Gasteiger partial charge is 0.272 e. The van der Waals surface area contributed by atoms with E-state index in [1.807, 2.05) is 42.6 Å².